The molecule has 0 radical (unpaired) electrons. The summed E-state index contributed by atoms with van der Waals surface area (Å²) in [5, 5.41) is 1.93. The van der Waals surface area contributed by atoms with Gasteiger partial charge in [0.2, 0.25) is 0 Å². The number of imidazole rings is 1. The molecule has 10 aromatic rings. The van der Waals surface area contributed by atoms with Gasteiger partial charge in [0.05, 0.1) is 11.0 Å². The molecule has 6 nitrogen and oxygen atoms in total. The Balaban J connectivity index is 1.14. The standard InChI is InChI=1S/C46H29N5O/c1-4-14-30(15-5-1)32-18-12-19-33(28-32)44-48-43(31-16-6-2-7-17-31)49-45(50-44)37-22-13-25-40-42(37)36-27-26-34(29-41(36)52-40)46-47-38-23-10-11-24-39(38)51(46)35-20-8-3-9-21-35/h1-29H. The number of hydrogen-bond acceptors (Lipinski definition) is 5. The number of rotatable bonds is 6. The molecule has 52 heavy (non-hydrogen) atoms. The van der Waals surface area contributed by atoms with Crippen molar-refractivity contribution in [2.75, 3.05) is 0 Å². The molecule has 0 saturated carbocycles. The first-order valence-electron chi connectivity index (χ1n) is 17.2. The molecule has 10 rings (SSSR count). The van der Waals surface area contributed by atoms with Crippen molar-refractivity contribution < 1.29 is 4.42 Å². The summed E-state index contributed by atoms with van der Waals surface area (Å²) in [5.74, 6) is 2.64. The summed E-state index contributed by atoms with van der Waals surface area (Å²) < 4.78 is 8.79. The van der Waals surface area contributed by atoms with E-state index >= 15 is 0 Å². The van der Waals surface area contributed by atoms with Crippen LogP contribution in [0.1, 0.15) is 0 Å². The van der Waals surface area contributed by atoms with Gasteiger partial charge in [-0.15, -0.1) is 0 Å². The van der Waals surface area contributed by atoms with Gasteiger partial charge >= 0.3 is 0 Å². The molecule has 6 heteroatoms. The lowest BCUT2D eigenvalue weighted by Crippen LogP contribution is -2.00. The van der Waals surface area contributed by atoms with Gasteiger partial charge in [-0.05, 0) is 59.7 Å². The molecule has 3 aromatic heterocycles. The van der Waals surface area contributed by atoms with Gasteiger partial charge in [0.25, 0.3) is 0 Å². The Kier molecular flexibility index (Phi) is 7.03. The Morgan fingerprint density at radius 2 is 1.04 bits per heavy atom. The third kappa shape index (κ3) is 5.13. The van der Waals surface area contributed by atoms with Crippen LogP contribution in [0, 0.1) is 0 Å². The van der Waals surface area contributed by atoms with Crippen molar-refractivity contribution in [3.8, 4) is 62.4 Å². The Hall–Kier alpha value is -7.18. The smallest absolute Gasteiger partial charge is 0.164 e. The third-order valence-electron chi connectivity index (χ3n) is 9.47. The lowest BCUT2D eigenvalue weighted by Gasteiger charge is -2.10. The van der Waals surface area contributed by atoms with E-state index in [1.54, 1.807) is 0 Å². The largest absolute Gasteiger partial charge is 0.456 e. The number of hydrogen-bond donors (Lipinski definition) is 0. The van der Waals surface area contributed by atoms with Crippen molar-refractivity contribution in [2.24, 2.45) is 0 Å². The summed E-state index contributed by atoms with van der Waals surface area (Å²) in [6.07, 6.45) is 0. The average Bonchev–Trinajstić information content (AvgIpc) is 3.80. The maximum absolute atomic E-state index is 6.58. The monoisotopic (exact) mass is 667 g/mol. The molecule has 3 heterocycles. The maximum atomic E-state index is 6.58. The third-order valence-corrected chi connectivity index (χ3v) is 9.47. The van der Waals surface area contributed by atoms with Gasteiger partial charge in [0.15, 0.2) is 17.5 Å². The molecular formula is C46H29N5O. The number of nitrogens with zero attached hydrogens (tertiary/aromatic N) is 5. The lowest BCUT2D eigenvalue weighted by atomic mass is 10.0. The van der Waals surface area contributed by atoms with E-state index in [1.165, 1.54) is 0 Å². The summed E-state index contributed by atoms with van der Waals surface area (Å²) in [7, 11) is 0. The van der Waals surface area contributed by atoms with Crippen LogP contribution in [0.4, 0.5) is 0 Å². The molecule has 0 bridgehead atoms. The first-order valence-corrected chi connectivity index (χ1v) is 17.2. The zero-order valence-electron chi connectivity index (χ0n) is 27.9. The quantitative estimate of drug-likeness (QED) is 0.176. The van der Waals surface area contributed by atoms with Gasteiger partial charge in [-0.3, -0.25) is 4.57 Å². The van der Waals surface area contributed by atoms with Crippen molar-refractivity contribution in [2.45, 2.75) is 0 Å². The SMILES string of the molecule is c1ccc(-c2cccc(-c3nc(-c4ccccc4)nc(-c4cccc5oc6cc(-c7nc8ccccc8n7-c7ccccc7)ccc6c45)n3)c2)cc1. The first-order chi connectivity index (χ1) is 25.8. The molecule has 0 amide bonds. The molecule has 7 aromatic carbocycles. The molecule has 0 fully saturated rings. The summed E-state index contributed by atoms with van der Waals surface area (Å²) in [6, 6.07) is 59.7. The minimum absolute atomic E-state index is 0.581. The molecule has 0 aliphatic heterocycles. The van der Waals surface area contributed by atoms with Gasteiger partial charge in [-0.1, -0.05) is 127 Å². The zero-order valence-corrected chi connectivity index (χ0v) is 27.9. The fraction of sp³-hybridized carbons (Fsp3) is 0. The minimum Gasteiger partial charge on any atom is -0.456 e. The number of benzene rings is 7. The first kappa shape index (κ1) is 29.7. The van der Waals surface area contributed by atoms with Gasteiger partial charge in [-0.25, -0.2) is 19.9 Å². The minimum atomic E-state index is 0.581. The molecule has 0 unspecified atom stereocenters. The lowest BCUT2D eigenvalue weighted by molar-refractivity contribution is 0.669. The summed E-state index contributed by atoms with van der Waals surface area (Å²) in [6.45, 7) is 0. The average molecular weight is 668 g/mol. The topological polar surface area (TPSA) is 69.6 Å². The van der Waals surface area contributed by atoms with Gasteiger partial charge in [0, 0.05) is 38.7 Å². The number of para-hydroxylation sites is 3. The van der Waals surface area contributed by atoms with Gasteiger partial charge in [-0.2, -0.15) is 0 Å². The van der Waals surface area contributed by atoms with Crippen LogP contribution in [0.3, 0.4) is 0 Å². The highest BCUT2D eigenvalue weighted by atomic mass is 16.3. The van der Waals surface area contributed by atoms with E-state index in [4.69, 9.17) is 24.4 Å². The summed E-state index contributed by atoms with van der Waals surface area (Å²) >= 11 is 0. The van der Waals surface area contributed by atoms with Crippen molar-refractivity contribution in [1.29, 1.82) is 0 Å². The highest BCUT2D eigenvalue weighted by Gasteiger charge is 2.20. The van der Waals surface area contributed by atoms with Crippen LogP contribution in [-0.2, 0) is 0 Å². The Bertz CT molecular complexity index is 2900. The van der Waals surface area contributed by atoms with Crippen LogP contribution >= 0.6 is 0 Å². The maximum Gasteiger partial charge on any atom is 0.164 e. The summed E-state index contributed by atoms with van der Waals surface area (Å²) in [5.41, 5.74) is 10.5. The normalized spacial score (nSPS) is 11.5. The Morgan fingerprint density at radius 3 is 1.85 bits per heavy atom. The molecule has 0 atom stereocenters. The molecule has 0 aliphatic rings. The molecule has 0 saturated heterocycles. The van der Waals surface area contributed by atoms with E-state index in [0.717, 1.165) is 77.9 Å². The number of aromatic nitrogens is 5. The molecule has 0 spiro atoms. The molecular weight excluding hydrogens is 639 g/mol. The van der Waals surface area contributed by atoms with Crippen molar-refractivity contribution in [3.05, 3.63) is 176 Å². The van der Waals surface area contributed by atoms with E-state index in [9.17, 15) is 0 Å². The van der Waals surface area contributed by atoms with E-state index in [1.807, 2.05) is 78.9 Å². The van der Waals surface area contributed by atoms with E-state index < -0.39 is 0 Å². The van der Waals surface area contributed by atoms with E-state index in [0.29, 0.717) is 17.5 Å². The van der Waals surface area contributed by atoms with Crippen LogP contribution in [-0.4, -0.2) is 24.5 Å². The highest BCUT2D eigenvalue weighted by Crippen LogP contribution is 2.39. The second kappa shape index (κ2) is 12.3. The molecule has 0 aliphatic carbocycles. The Morgan fingerprint density at radius 1 is 0.404 bits per heavy atom. The van der Waals surface area contributed by atoms with Crippen molar-refractivity contribution >= 4 is 33.0 Å². The summed E-state index contributed by atoms with van der Waals surface area (Å²) in [4.78, 5) is 20.3. The zero-order chi connectivity index (χ0) is 34.4. The predicted octanol–water partition coefficient (Wildman–Crippen LogP) is 11.4. The van der Waals surface area contributed by atoms with Crippen molar-refractivity contribution in [1.82, 2.24) is 24.5 Å². The van der Waals surface area contributed by atoms with Crippen LogP contribution in [0.15, 0.2) is 180 Å². The predicted molar refractivity (Wildman–Crippen MR) is 209 cm³/mol. The Labute approximate surface area is 299 Å². The van der Waals surface area contributed by atoms with Gasteiger partial charge in [0.1, 0.15) is 17.0 Å². The van der Waals surface area contributed by atoms with Gasteiger partial charge < -0.3 is 4.42 Å². The fourth-order valence-electron chi connectivity index (χ4n) is 7.02. The molecule has 0 N–H and O–H groups in total. The number of furan rings is 1. The number of fused-ring (bicyclic) bond motifs is 4. The van der Waals surface area contributed by atoms with Crippen LogP contribution in [0.5, 0.6) is 0 Å². The van der Waals surface area contributed by atoms with Crippen LogP contribution in [0.25, 0.3) is 95.3 Å². The molecule has 244 valence electrons. The fourth-order valence-corrected chi connectivity index (χ4v) is 7.02. The van der Waals surface area contributed by atoms with E-state index in [-0.39, 0.29) is 0 Å². The van der Waals surface area contributed by atoms with Crippen LogP contribution < -0.4 is 0 Å². The second-order valence-corrected chi connectivity index (χ2v) is 12.7. The van der Waals surface area contributed by atoms with E-state index in [2.05, 4.69) is 102 Å². The second-order valence-electron chi connectivity index (χ2n) is 12.7. The van der Waals surface area contributed by atoms with Crippen molar-refractivity contribution in [3.63, 3.8) is 0 Å². The highest BCUT2D eigenvalue weighted by molar-refractivity contribution is 6.12. The van der Waals surface area contributed by atoms with Crippen LogP contribution in [0.2, 0.25) is 0 Å².